The highest BCUT2D eigenvalue weighted by molar-refractivity contribution is 5.29. The molecule has 1 aliphatic carbocycles. The zero-order valence-electron chi connectivity index (χ0n) is 10.9. The van der Waals surface area contributed by atoms with E-state index in [0.29, 0.717) is 6.42 Å². The molecule has 1 atom stereocenters. The van der Waals surface area contributed by atoms with Gasteiger partial charge in [0.15, 0.2) is 0 Å². The smallest absolute Gasteiger partial charge is 0.123 e. The summed E-state index contributed by atoms with van der Waals surface area (Å²) in [6.45, 7) is 6.80. The fourth-order valence-electron chi connectivity index (χ4n) is 1.86. The molecule has 0 N–H and O–H groups in total. The molecule has 3 heteroatoms. The van der Waals surface area contributed by atoms with Crippen molar-refractivity contribution in [2.75, 3.05) is 0 Å². The molecule has 94 valence electrons. The summed E-state index contributed by atoms with van der Waals surface area (Å²) in [7, 11) is 0. The molecule has 1 heterocycles. The van der Waals surface area contributed by atoms with Gasteiger partial charge in [0.25, 0.3) is 0 Å². The maximum Gasteiger partial charge on any atom is 0.123 e. The second-order valence-corrected chi connectivity index (χ2v) is 3.85. The van der Waals surface area contributed by atoms with E-state index in [-0.39, 0.29) is 0 Å². The Morgan fingerprint density at radius 2 is 2.24 bits per heavy atom. The van der Waals surface area contributed by atoms with Crippen LogP contribution in [0.5, 0.6) is 0 Å². The van der Waals surface area contributed by atoms with Crippen molar-refractivity contribution in [1.82, 2.24) is 9.55 Å². The van der Waals surface area contributed by atoms with Gasteiger partial charge in [-0.1, -0.05) is 26.8 Å². The van der Waals surface area contributed by atoms with Gasteiger partial charge in [-0.25, -0.2) is 9.37 Å². The molecule has 0 aliphatic heterocycles. The fourth-order valence-corrected chi connectivity index (χ4v) is 1.86. The minimum Gasteiger partial charge on any atom is -0.333 e. The van der Waals surface area contributed by atoms with Crippen LogP contribution in [0.2, 0.25) is 0 Å². The standard InChI is InChI=1S/C12H15FN2.C2H6/c1-2-10-5-11(7-12(13)6-10)8-15-4-3-14-9-15;1-2/h3-6,9,12H,2,7-8H2,1H3;1-2H3. The summed E-state index contributed by atoms with van der Waals surface area (Å²) in [5.74, 6) is 0. The van der Waals surface area contributed by atoms with Crippen LogP contribution in [-0.2, 0) is 6.54 Å². The van der Waals surface area contributed by atoms with Gasteiger partial charge >= 0.3 is 0 Å². The first kappa shape index (κ1) is 13.7. The molecule has 0 fully saturated rings. The van der Waals surface area contributed by atoms with Gasteiger partial charge in [-0.15, -0.1) is 0 Å². The molecule has 0 aromatic carbocycles. The molecular formula is C14H21FN2. The van der Waals surface area contributed by atoms with Crippen molar-refractivity contribution >= 4 is 0 Å². The minimum absolute atomic E-state index is 0.516. The van der Waals surface area contributed by atoms with E-state index in [4.69, 9.17) is 0 Å². The van der Waals surface area contributed by atoms with Crippen LogP contribution in [-0.4, -0.2) is 15.7 Å². The predicted molar refractivity (Wildman–Crippen MR) is 69.5 cm³/mol. The molecule has 0 saturated heterocycles. The Balaban J connectivity index is 0.000000686. The number of rotatable bonds is 3. The van der Waals surface area contributed by atoms with Crippen LogP contribution in [0.15, 0.2) is 42.0 Å². The lowest BCUT2D eigenvalue weighted by Crippen LogP contribution is -2.09. The van der Waals surface area contributed by atoms with E-state index in [9.17, 15) is 4.39 Å². The van der Waals surface area contributed by atoms with E-state index in [0.717, 1.165) is 24.1 Å². The lowest BCUT2D eigenvalue weighted by atomic mass is 9.96. The fraction of sp³-hybridized carbons (Fsp3) is 0.500. The van der Waals surface area contributed by atoms with Crippen LogP contribution in [0, 0.1) is 0 Å². The summed E-state index contributed by atoms with van der Waals surface area (Å²) in [5.41, 5.74) is 2.24. The monoisotopic (exact) mass is 236 g/mol. The number of aromatic nitrogens is 2. The first-order valence-corrected chi connectivity index (χ1v) is 6.28. The molecule has 0 amide bonds. The maximum absolute atomic E-state index is 13.4. The highest BCUT2D eigenvalue weighted by Gasteiger charge is 2.13. The number of hydrogen-bond acceptors (Lipinski definition) is 1. The van der Waals surface area contributed by atoms with Gasteiger partial charge in [0, 0.05) is 25.4 Å². The van der Waals surface area contributed by atoms with Crippen LogP contribution < -0.4 is 0 Å². The summed E-state index contributed by atoms with van der Waals surface area (Å²) in [4.78, 5) is 3.97. The molecule has 2 rings (SSSR count). The zero-order chi connectivity index (χ0) is 12.7. The highest BCUT2D eigenvalue weighted by Crippen LogP contribution is 2.22. The van der Waals surface area contributed by atoms with Crippen LogP contribution in [0.3, 0.4) is 0 Å². The Morgan fingerprint density at radius 1 is 1.47 bits per heavy atom. The molecule has 1 aliphatic rings. The Hall–Kier alpha value is -1.38. The van der Waals surface area contributed by atoms with E-state index in [1.807, 2.05) is 24.6 Å². The van der Waals surface area contributed by atoms with Crippen molar-refractivity contribution in [3.05, 3.63) is 42.0 Å². The van der Waals surface area contributed by atoms with Crippen LogP contribution in [0.1, 0.15) is 33.6 Å². The van der Waals surface area contributed by atoms with Crippen molar-refractivity contribution < 1.29 is 4.39 Å². The molecule has 2 nitrogen and oxygen atoms in total. The van der Waals surface area contributed by atoms with Crippen LogP contribution in [0.4, 0.5) is 4.39 Å². The van der Waals surface area contributed by atoms with E-state index >= 15 is 0 Å². The third kappa shape index (κ3) is 4.17. The summed E-state index contributed by atoms with van der Waals surface area (Å²) in [6, 6.07) is 0. The number of imidazole rings is 1. The Labute approximate surface area is 103 Å². The number of hydrogen-bond donors (Lipinski definition) is 0. The number of halogens is 1. The first-order valence-electron chi connectivity index (χ1n) is 6.28. The number of nitrogens with zero attached hydrogens (tertiary/aromatic N) is 2. The van der Waals surface area contributed by atoms with E-state index < -0.39 is 6.17 Å². The second-order valence-electron chi connectivity index (χ2n) is 3.85. The summed E-state index contributed by atoms with van der Waals surface area (Å²) >= 11 is 0. The normalized spacial score (nSPS) is 18.9. The van der Waals surface area contributed by atoms with Gasteiger partial charge < -0.3 is 4.57 Å². The number of alkyl halides is 1. The van der Waals surface area contributed by atoms with Crippen molar-refractivity contribution in [2.24, 2.45) is 0 Å². The van der Waals surface area contributed by atoms with E-state index in [1.54, 1.807) is 18.6 Å². The van der Waals surface area contributed by atoms with Crippen LogP contribution >= 0.6 is 0 Å². The summed E-state index contributed by atoms with van der Waals surface area (Å²) < 4.78 is 15.3. The van der Waals surface area contributed by atoms with Gasteiger partial charge in [0.05, 0.1) is 6.33 Å². The van der Waals surface area contributed by atoms with Gasteiger partial charge in [0.1, 0.15) is 6.17 Å². The van der Waals surface area contributed by atoms with Crippen molar-refractivity contribution in [2.45, 2.75) is 46.3 Å². The minimum atomic E-state index is -0.816. The summed E-state index contributed by atoms with van der Waals surface area (Å²) in [5, 5.41) is 0. The van der Waals surface area contributed by atoms with Gasteiger partial charge in [-0.3, -0.25) is 0 Å². The predicted octanol–water partition coefficient (Wildman–Crippen LogP) is 3.91. The SMILES string of the molecule is CC.CCC1=CC(F)CC(Cn2ccnc2)=C1. The largest absolute Gasteiger partial charge is 0.333 e. The van der Waals surface area contributed by atoms with Gasteiger partial charge in [-0.05, 0) is 23.6 Å². The third-order valence-electron chi connectivity index (χ3n) is 2.59. The molecule has 0 bridgehead atoms. The Morgan fingerprint density at radius 3 is 2.82 bits per heavy atom. The van der Waals surface area contributed by atoms with Gasteiger partial charge in [-0.2, -0.15) is 0 Å². The quantitative estimate of drug-likeness (QED) is 0.778. The zero-order valence-corrected chi connectivity index (χ0v) is 10.9. The summed E-state index contributed by atoms with van der Waals surface area (Å²) in [6.07, 6.45) is 9.83. The first-order chi connectivity index (χ1) is 8.28. The molecule has 1 unspecified atom stereocenters. The Kier molecular flexibility index (Phi) is 5.67. The van der Waals surface area contributed by atoms with Crippen molar-refractivity contribution in [1.29, 1.82) is 0 Å². The molecule has 0 spiro atoms. The highest BCUT2D eigenvalue weighted by atomic mass is 19.1. The molecule has 0 radical (unpaired) electrons. The molecule has 1 aromatic rings. The van der Waals surface area contributed by atoms with Crippen molar-refractivity contribution in [3.8, 4) is 0 Å². The third-order valence-corrected chi connectivity index (χ3v) is 2.59. The Bertz CT molecular complexity index is 377. The molecule has 0 saturated carbocycles. The average Bonchev–Trinajstić information content (AvgIpc) is 2.83. The maximum atomic E-state index is 13.4. The molecule has 17 heavy (non-hydrogen) atoms. The van der Waals surface area contributed by atoms with Crippen LogP contribution in [0.25, 0.3) is 0 Å². The van der Waals surface area contributed by atoms with E-state index in [1.165, 1.54) is 0 Å². The lowest BCUT2D eigenvalue weighted by molar-refractivity contribution is 0.387. The van der Waals surface area contributed by atoms with Gasteiger partial charge in [0.2, 0.25) is 0 Å². The van der Waals surface area contributed by atoms with E-state index in [2.05, 4.69) is 18.0 Å². The average molecular weight is 236 g/mol. The van der Waals surface area contributed by atoms with Crippen molar-refractivity contribution in [3.63, 3.8) is 0 Å². The molecular weight excluding hydrogens is 215 g/mol. The number of allylic oxidation sites excluding steroid dienone is 4. The second kappa shape index (κ2) is 7.05. The lowest BCUT2D eigenvalue weighted by Gasteiger charge is -2.16. The topological polar surface area (TPSA) is 17.8 Å². The molecule has 1 aromatic heterocycles.